The molecule has 8 heteroatoms. The van der Waals surface area contributed by atoms with Gasteiger partial charge in [-0.1, -0.05) is 28.1 Å². The minimum absolute atomic E-state index is 0.0982. The molecule has 0 unspecified atom stereocenters. The second-order valence-corrected chi connectivity index (χ2v) is 10.1. The molecule has 2 aromatic carbocycles. The van der Waals surface area contributed by atoms with Crippen molar-refractivity contribution in [1.29, 1.82) is 0 Å². The maximum atomic E-state index is 13.3. The molecule has 4 rings (SSSR count). The van der Waals surface area contributed by atoms with E-state index in [0.717, 1.165) is 22.9 Å². The van der Waals surface area contributed by atoms with E-state index in [9.17, 15) is 13.2 Å². The second-order valence-electron chi connectivity index (χ2n) is 7.25. The van der Waals surface area contributed by atoms with Crippen LogP contribution in [0.5, 0.6) is 0 Å². The number of hydrogen-bond acceptors (Lipinski definition) is 4. The number of furan rings is 1. The Morgan fingerprint density at radius 2 is 1.73 bits per heavy atom. The van der Waals surface area contributed by atoms with E-state index in [-0.39, 0.29) is 29.9 Å². The SMILES string of the molecule is O=C(NC1CC1)c1ccc(CN(Cc2ccco2)S(=O)(=O)c2ccc(Br)cc2)cc1. The third-order valence-corrected chi connectivity index (χ3v) is 7.19. The van der Waals surface area contributed by atoms with Crippen molar-refractivity contribution >= 4 is 31.9 Å². The molecule has 0 spiro atoms. The first-order chi connectivity index (χ1) is 14.4. The summed E-state index contributed by atoms with van der Waals surface area (Å²) in [7, 11) is -3.75. The normalized spacial score (nSPS) is 14.1. The maximum absolute atomic E-state index is 13.3. The van der Waals surface area contributed by atoms with Gasteiger partial charge in [0.1, 0.15) is 5.76 Å². The molecule has 30 heavy (non-hydrogen) atoms. The summed E-state index contributed by atoms with van der Waals surface area (Å²) >= 11 is 3.33. The summed E-state index contributed by atoms with van der Waals surface area (Å²) in [5, 5.41) is 2.95. The van der Waals surface area contributed by atoms with Gasteiger partial charge >= 0.3 is 0 Å². The molecule has 0 radical (unpaired) electrons. The van der Waals surface area contributed by atoms with Crippen LogP contribution in [0.4, 0.5) is 0 Å². The van der Waals surface area contributed by atoms with Crippen LogP contribution in [0, 0.1) is 0 Å². The Bertz CT molecular complexity index is 1110. The number of amides is 1. The highest BCUT2D eigenvalue weighted by Crippen LogP contribution is 2.24. The molecule has 1 aromatic heterocycles. The zero-order valence-corrected chi connectivity index (χ0v) is 18.5. The first-order valence-electron chi connectivity index (χ1n) is 9.60. The highest BCUT2D eigenvalue weighted by molar-refractivity contribution is 9.10. The number of benzene rings is 2. The van der Waals surface area contributed by atoms with Gasteiger partial charge in [0.2, 0.25) is 10.0 Å². The minimum Gasteiger partial charge on any atom is -0.468 e. The van der Waals surface area contributed by atoms with E-state index < -0.39 is 10.0 Å². The number of halogens is 1. The third-order valence-electron chi connectivity index (χ3n) is 4.85. The number of carbonyl (C=O) groups is 1. The molecule has 1 N–H and O–H groups in total. The quantitative estimate of drug-likeness (QED) is 0.511. The summed E-state index contributed by atoms with van der Waals surface area (Å²) in [6.07, 6.45) is 3.58. The van der Waals surface area contributed by atoms with Crippen molar-refractivity contribution < 1.29 is 17.6 Å². The van der Waals surface area contributed by atoms with Crippen molar-refractivity contribution in [2.24, 2.45) is 0 Å². The fourth-order valence-corrected chi connectivity index (χ4v) is 4.68. The topological polar surface area (TPSA) is 79.6 Å². The molecule has 1 fully saturated rings. The summed E-state index contributed by atoms with van der Waals surface area (Å²) < 4.78 is 34.1. The second kappa shape index (κ2) is 8.75. The van der Waals surface area contributed by atoms with Crippen LogP contribution in [0.25, 0.3) is 0 Å². The van der Waals surface area contributed by atoms with Crippen molar-refractivity contribution in [3.63, 3.8) is 0 Å². The molecule has 0 atom stereocenters. The molecule has 156 valence electrons. The van der Waals surface area contributed by atoms with Crippen LogP contribution in [-0.4, -0.2) is 24.7 Å². The molecule has 6 nitrogen and oxygen atoms in total. The molecule has 1 aliphatic carbocycles. The molecule has 0 saturated heterocycles. The van der Waals surface area contributed by atoms with Gasteiger partial charge in [0, 0.05) is 22.6 Å². The Morgan fingerprint density at radius 3 is 2.33 bits per heavy atom. The summed E-state index contributed by atoms with van der Waals surface area (Å²) in [5.41, 5.74) is 1.35. The van der Waals surface area contributed by atoms with E-state index in [2.05, 4.69) is 21.2 Å². The lowest BCUT2D eigenvalue weighted by Crippen LogP contribution is -2.30. The highest BCUT2D eigenvalue weighted by atomic mass is 79.9. The van der Waals surface area contributed by atoms with Gasteiger partial charge in [0.15, 0.2) is 0 Å². The number of carbonyl (C=O) groups excluding carboxylic acids is 1. The van der Waals surface area contributed by atoms with Gasteiger partial charge in [-0.2, -0.15) is 4.31 Å². The average molecular weight is 489 g/mol. The fraction of sp³-hybridized carbons (Fsp3) is 0.227. The number of hydrogen-bond donors (Lipinski definition) is 1. The number of rotatable bonds is 8. The van der Waals surface area contributed by atoms with Gasteiger partial charge < -0.3 is 9.73 Å². The standard InChI is InChI=1S/C22H21BrN2O4S/c23-18-7-11-21(12-8-18)30(27,28)25(15-20-2-1-13-29-20)14-16-3-5-17(6-4-16)22(26)24-19-9-10-19/h1-8,11-13,19H,9-10,14-15H2,(H,24,26). The summed E-state index contributed by atoms with van der Waals surface area (Å²) in [6, 6.07) is 17.3. The fourth-order valence-electron chi connectivity index (χ4n) is 3.02. The van der Waals surface area contributed by atoms with E-state index >= 15 is 0 Å². The van der Waals surface area contributed by atoms with Crippen molar-refractivity contribution in [3.05, 3.63) is 88.3 Å². The van der Waals surface area contributed by atoms with Crippen LogP contribution in [0.2, 0.25) is 0 Å². The molecular weight excluding hydrogens is 468 g/mol. The molecule has 1 amide bonds. The lowest BCUT2D eigenvalue weighted by Gasteiger charge is -2.21. The zero-order chi connectivity index (χ0) is 21.1. The minimum atomic E-state index is -3.75. The Balaban J connectivity index is 1.56. The smallest absolute Gasteiger partial charge is 0.251 e. The highest BCUT2D eigenvalue weighted by Gasteiger charge is 2.26. The molecular formula is C22H21BrN2O4S. The number of sulfonamides is 1. The number of nitrogens with one attached hydrogen (secondary N) is 1. The number of nitrogens with zero attached hydrogens (tertiary/aromatic N) is 1. The van der Waals surface area contributed by atoms with E-state index in [1.54, 1.807) is 60.7 Å². The Hall–Kier alpha value is -2.42. The molecule has 1 aliphatic rings. The largest absolute Gasteiger partial charge is 0.468 e. The van der Waals surface area contributed by atoms with Crippen LogP contribution in [-0.2, 0) is 23.1 Å². The van der Waals surface area contributed by atoms with Crippen molar-refractivity contribution in [1.82, 2.24) is 9.62 Å². The summed E-state index contributed by atoms with van der Waals surface area (Å²) in [4.78, 5) is 12.4. The Labute approximate surface area is 184 Å². The Morgan fingerprint density at radius 1 is 1.03 bits per heavy atom. The van der Waals surface area contributed by atoms with Gasteiger partial charge in [-0.15, -0.1) is 0 Å². The van der Waals surface area contributed by atoms with Crippen LogP contribution in [0.3, 0.4) is 0 Å². The van der Waals surface area contributed by atoms with Gasteiger partial charge in [0.25, 0.3) is 5.91 Å². The first kappa shape index (κ1) is 20.8. The molecule has 1 heterocycles. The van der Waals surface area contributed by atoms with Gasteiger partial charge in [0.05, 0.1) is 17.7 Å². The predicted octanol–water partition coefficient (Wildman–Crippen LogP) is 4.33. The lowest BCUT2D eigenvalue weighted by atomic mass is 10.1. The van der Waals surface area contributed by atoms with Crippen LogP contribution in [0.15, 0.2) is 80.7 Å². The Kier molecular flexibility index (Phi) is 6.08. The van der Waals surface area contributed by atoms with Crippen molar-refractivity contribution in [3.8, 4) is 0 Å². The first-order valence-corrected chi connectivity index (χ1v) is 11.8. The van der Waals surface area contributed by atoms with E-state index in [4.69, 9.17) is 4.42 Å². The lowest BCUT2D eigenvalue weighted by molar-refractivity contribution is 0.0951. The van der Waals surface area contributed by atoms with Gasteiger partial charge in [-0.3, -0.25) is 4.79 Å². The third kappa shape index (κ3) is 5.00. The average Bonchev–Trinajstić information content (AvgIpc) is 3.40. The molecule has 0 bridgehead atoms. The van der Waals surface area contributed by atoms with Crippen LogP contribution >= 0.6 is 15.9 Å². The van der Waals surface area contributed by atoms with Crippen molar-refractivity contribution in [2.75, 3.05) is 0 Å². The predicted molar refractivity (Wildman–Crippen MR) is 116 cm³/mol. The molecule has 3 aromatic rings. The zero-order valence-electron chi connectivity index (χ0n) is 16.1. The maximum Gasteiger partial charge on any atom is 0.251 e. The molecule has 1 saturated carbocycles. The van der Waals surface area contributed by atoms with E-state index in [0.29, 0.717) is 11.3 Å². The van der Waals surface area contributed by atoms with Crippen molar-refractivity contribution in [2.45, 2.75) is 36.9 Å². The van der Waals surface area contributed by atoms with E-state index in [1.165, 1.54) is 10.6 Å². The van der Waals surface area contributed by atoms with E-state index in [1.807, 2.05) is 0 Å². The van der Waals surface area contributed by atoms with Gasteiger partial charge in [-0.05, 0) is 66.9 Å². The summed E-state index contributed by atoms with van der Waals surface area (Å²) in [6.45, 7) is 0.263. The summed E-state index contributed by atoms with van der Waals surface area (Å²) in [5.74, 6) is 0.454. The van der Waals surface area contributed by atoms with Crippen LogP contribution in [0.1, 0.15) is 34.5 Å². The molecule has 0 aliphatic heterocycles. The monoisotopic (exact) mass is 488 g/mol. The van der Waals surface area contributed by atoms with Gasteiger partial charge in [-0.25, -0.2) is 8.42 Å². The van der Waals surface area contributed by atoms with Crippen LogP contribution < -0.4 is 5.32 Å².